The summed E-state index contributed by atoms with van der Waals surface area (Å²) in [4.78, 5) is 37.6. The van der Waals surface area contributed by atoms with E-state index in [0.29, 0.717) is 0 Å². The van der Waals surface area contributed by atoms with Gasteiger partial charge in [-0.05, 0) is 6.54 Å². The Morgan fingerprint density at radius 3 is 1.44 bits per heavy atom. The van der Waals surface area contributed by atoms with Crippen molar-refractivity contribution in [1.29, 1.82) is 0 Å². The normalized spacial score (nSPS) is 20.9. The van der Waals surface area contributed by atoms with Crippen LogP contribution >= 0.6 is 15.2 Å². The molecule has 0 aliphatic rings. The van der Waals surface area contributed by atoms with Crippen LogP contribution in [0.2, 0.25) is 0 Å². The molecule has 0 aromatic carbocycles. The summed E-state index contributed by atoms with van der Waals surface area (Å²) < 4.78 is 20.9. The molecule has 0 spiro atoms. The van der Waals surface area contributed by atoms with Crippen molar-refractivity contribution < 1.29 is 92.9 Å². The molecule has 12 heteroatoms. The quantitative estimate of drug-likeness (QED) is 0.293. The van der Waals surface area contributed by atoms with Gasteiger partial charge in [-0.3, -0.25) is 0 Å². The summed E-state index contributed by atoms with van der Waals surface area (Å²) in [7, 11) is -11.3. The Labute approximate surface area is 138 Å². The number of nitrogens with two attached hydrogens (primary N) is 1. The minimum atomic E-state index is -5.63. The number of aliphatic hydroxyl groups is 1. The maximum absolute atomic E-state index is 10.4. The average molecular weight is 295 g/mol. The summed E-state index contributed by atoms with van der Waals surface area (Å²) in [5, 5.41) is 5.36. The van der Waals surface area contributed by atoms with Gasteiger partial charge in [-0.1, -0.05) is 7.43 Å². The van der Waals surface area contributed by atoms with Crippen LogP contribution in [0.5, 0.6) is 0 Å². The fraction of sp³-hybridized carbons (Fsp3) is 1.00. The van der Waals surface area contributed by atoms with Gasteiger partial charge in [0.25, 0.3) is 0 Å². The van der Waals surface area contributed by atoms with E-state index in [1.165, 1.54) is 0 Å². The van der Waals surface area contributed by atoms with Crippen LogP contribution in [-0.2, 0) is 9.13 Å². The van der Waals surface area contributed by atoms with Crippen molar-refractivity contribution in [3.8, 4) is 0 Å². The summed E-state index contributed by atoms with van der Waals surface area (Å²) in [6, 6.07) is 0. The van der Waals surface area contributed by atoms with Crippen molar-refractivity contribution in [1.82, 2.24) is 0 Å². The van der Waals surface area contributed by atoms with Gasteiger partial charge in [0.05, 0.1) is 0 Å². The largest absolute Gasteiger partial charge is 1.00 e. The number of hydrogen-bond donors (Lipinski definition) is 4. The molecule has 2 unspecified atom stereocenters. The van der Waals surface area contributed by atoms with Gasteiger partial charge in [0.1, 0.15) is 0 Å². The molecular weight excluding hydrogens is 282 g/mol. The summed E-state index contributed by atoms with van der Waals surface area (Å²) in [6.07, 6.45) is -0.998. The fourth-order valence-electron chi connectivity index (χ4n) is 0.636. The Morgan fingerprint density at radius 2 is 1.38 bits per heavy atom. The summed E-state index contributed by atoms with van der Waals surface area (Å²) >= 11 is 0. The molecule has 0 amide bonds. The molecule has 16 heavy (non-hydrogen) atoms. The summed E-state index contributed by atoms with van der Waals surface area (Å²) in [5.74, 6) is 0. The molecule has 0 bridgehead atoms. The molecule has 0 saturated heterocycles. The molecule has 0 fully saturated rings. The predicted octanol–water partition coefficient (Wildman–Crippen LogP) is -8.28. The molecule has 0 heterocycles. The van der Waals surface area contributed by atoms with Gasteiger partial charge in [-0.25, -0.2) is 0 Å². The van der Waals surface area contributed by atoms with Crippen LogP contribution in [0.3, 0.4) is 0 Å². The third-order valence-corrected chi connectivity index (χ3v) is 5.16. The van der Waals surface area contributed by atoms with E-state index in [9.17, 15) is 18.9 Å². The first kappa shape index (κ1) is 26.7. The minimum absolute atomic E-state index is 0. The SMILES string of the molecule is C.NCCC(O)(P(=O)([O-])O)P(=O)([O-])O.[Na+].[Na+]. The monoisotopic (exact) mass is 295 g/mol. The van der Waals surface area contributed by atoms with Crippen LogP contribution in [0.25, 0.3) is 0 Å². The molecule has 5 N–H and O–H groups in total. The first-order valence-corrected chi connectivity index (χ1v) is 6.22. The topological polar surface area (TPSA) is 167 Å². The van der Waals surface area contributed by atoms with Gasteiger partial charge in [0.15, 0.2) is 20.3 Å². The van der Waals surface area contributed by atoms with Crippen molar-refractivity contribution in [2.24, 2.45) is 5.73 Å². The van der Waals surface area contributed by atoms with Crippen molar-refractivity contribution in [3.05, 3.63) is 0 Å². The van der Waals surface area contributed by atoms with E-state index in [2.05, 4.69) is 0 Å². The Hall–Kier alpha value is 2.22. The standard InChI is InChI=1S/C3H11NO7P2.CH4.2Na/c4-2-1-3(5,12(6,7)8)13(9,10)11;;;/h5H,1-2,4H2,(H2,6,7,8)(H2,9,10,11);1H4;;/q;;2*+1/p-2. The van der Waals surface area contributed by atoms with Gasteiger partial charge in [0, 0.05) is 6.42 Å². The van der Waals surface area contributed by atoms with E-state index >= 15 is 0 Å². The van der Waals surface area contributed by atoms with Gasteiger partial charge in [-0.2, -0.15) is 0 Å². The van der Waals surface area contributed by atoms with Crippen LogP contribution in [-0.4, -0.2) is 26.5 Å². The van der Waals surface area contributed by atoms with E-state index in [1.807, 2.05) is 0 Å². The molecule has 2 atom stereocenters. The zero-order valence-electron chi connectivity index (χ0n) is 8.36. The molecule has 0 saturated carbocycles. The fourth-order valence-corrected chi connectivity index (χ4v) is 2.74. The van der Waals surface area contributed by atoms with E-state index in [0.717, 1.165) is 0 Å². The maximum Gasteiger partial charge on any atom is 1.00 e. The first-order chi connectivity index (χ1) is 5.56. The summed E-state index contributed by atoms with van der Waals surface area (Å²) in [6.45, 7) is -0.532. The molecular formula is C4H13NNa2O7P2. The van der Waals surface area contributed by atoms with Crippen LogP contribution in [0.4, 0.5) is 0 Å². The second-order valence-corrected chi connectivity index (χ2v) is 6.27. The van der Waals surface area contributed by atoms with Crippen molar-refractivity contribution in [3.63, 3.8) is 0 Å². The van der Waals surface area contributed by atoms with Gasteiger partial charge < -0.3 is 39.5 Å². The smallest absolute Gasteiger partial charge is 0.776 e. The zero-order valence-corrected chi connectivity index (χ0v) is 14.1. The molecule has 0 aliphatic carbocycles. The zero-order chi connectivity index (χ0) is 10.9. The molecule has 88 valence electrons. The van der Waals surface area contributed by atoms with Gasteiger partial charge in [-0.15, -0.1) is 0 Å². The van der Waals surface area contributed by atoms with E-state index in [-0.39, 0.29) is 66.5 Å². The Kier molecular flexibility index (Phi) is 15.3. The van der Waals surface area contributed by atoms with Crippen molar-refractivity contribution >= 4 is 15.2 Å². The molecule has 0 aromatic rings. The third kappa shape index (κ3) is 6.41. The maximum atomic E-state index is 10.4. The van der Waals surface area contributed by atoms with Crippen LogP contribution < -0.4 is 74.6 Å². The first-order valence-electron chi connectivity index (χ1n) is 3.06. The van der Waals surface area contributed by atoms with Gasteiger partial charge >= 0.3 is 59.1 Å². The summed E-state index contributed by atoms with van der Waals surface area (Å²) in [5.41, 5.74) is 4.81. The average Bonchev–Trinajstić information content (AvgIpc) is 1.82. The van der Waals surface area contributed by atoms with Crippen LogP contribution in [0.1, 0.15) is 13.8 Å². The van der Waals surface area contributed by atoms with Crippen LogP contribution in [0, 0.1) is 0 Å². The Balaban J connectivity index is -0.000000240. The second kappa shape index (κ2) is 9.18. The predicted molar refractivity (Wildman–Crippen MR) is 45.0 cm³/mol. The molecule has 0 rings (SSSR count). The van der Waals surface area contributed by atoms with E-state index in [1.54, 1.807) is 0 Å². The second-order valence-electron chi connectivity index (χ2n) is 2.35. The Morgan fingerprint density at radius 1 is 1.12 bits per heavy atom. The number of rotatable bonds is 4. The molecule has 8 nitrogen and oxygen atoms in total. The van der Waals surface area contributed by atoms with Crippen molar-refractivity contribution in [2.45, 2.75) is 18.9 Å². The molecule has 0 aromatic heterocycles. The molecule has 0 aliphatic heterocycles. The van der Waals surface area contributed by atoms with Crippen LogP contribution in [0.15, 0.2) is 0 Å². The van der Waals surface area contributed by atoms with E-state index < -0.39 is 33.2 Å². The van der Waals surface area contributed by atoms with E-state index in [4.69, 9.17) is 20.6 Å². The third-order valence-electron chi connectivity index (χ3n) is 1.38. The molecule has 0 radical (unpaired) electrons. The number of hydrogen-bond acceptors (Lipinski definition) is 6. The van der Waals surface area contributed by atoms with Crippen molar-refractivity contribution in [2.75, 3.05) is 6.54 Å². The van der Waals surface area contributed by atoms with Gasteiger partial charge in [0.2, 0.25) is 0 Å². The Bertz CT molecular complexity index is 254. The minimum Gasteiger partial charge on any atom is -0.776 e.